The first-order valence-electron chi connectivity index (χ1n) is 11.5. The van der Waals surface area contributed by atoms with Crippen molar-refractivity contribution < 1.29 is 19.1 Å². The molecule has 9 heteroatoms. The Morgan fingerprint density at radius 1 is 1.20 bits per heavy atom. The van der Waals surface area contributed by atoms with Crippen molar-refractivity contribution in [2.75, 3.05) is 23.4 Å². The van der Waals surface area contributed by atoms with Gasteiger partial charge in [0, 0.05) is 41.9 Å². The van der Waals surface area contributed by atoms with Crippen LogP contribution < -0.4 is 10.2 Å². The Morgan fingerprint density at radius 2 is 2.00 bits per heavy atom. The number of rotatable bonds is 10. The minimum atomic E-state index is -0.535. The molecule has 35 heavy (non-hydrogen) atoms. The molecule has 4 rings (SSSR count). The van der Waals surface area contributed by atoms with Crippen LogP contribution in [0.5, 0.6) is 0 Å². The number of aromatic nitrogens is 1. The number of benzene rings is 2. The molecular formula is C26H27N3O4S2. The molecule has 1 atom stereocenters. The van der Waals surface area contributed by atoms with Crippen molar-refractivity contribution in [1.82, 2.24) is 4.98 Å². The Balaban J connectivity index is 1.43. The summed E-state index contributed by atoms with van der Waals surface area (Å²) in [6.07, 6.45) is 4.03. The third-order valence-electron chi connectivity index (χ3n) is 5.64. The predicted molar refractivity (Wildman–Crippen MR) is 142 cm³/mol. The molecule has 2 amide bonds. The summed E-state index contributed by atoms with van der Waals surface area (Å²) in [4.78, 5) is 42.1. The highest BCUT2D eigenvalue weighted by Gasteiger charge is 2.27. The molecule has 3 aromatic rings. The lowest BCUT2D eigenvalue weighted by atomic mass is 10.0. The van der Waals surface area contributed by atoms with Crippen molar-refractivity contribution >= 4 is 62.0 Å². The van der Waals surface area contributed by atoms with Crippen molar-refractivity contribution in [1.29, 1.82) is 0 Å². The van der Waals surface area contributed by atoms with Crippen molar-refractivity contribution in [2.45, 2.75) is 42.9 Å². The first-order chi connectivity index (χ1) is 17.1. The largest absolute Gasteiger partial charge is 0.448 e. The molecule has 182 valence electrons. The van der Waals surface area contributed by atoms with Gasteiger partial charge in [0.15, 0.2) is 0 Å². The van der Waals surface area contributed by atoms with E-state index < -0.39 is 6.09 Å². The lowest BCUT2D eigenvalue weighted by Crippen LogP contribution is -2.28. The van der Waals surface area contributed by atoms with Crippen LogP contribution in [0.4, 0.5) is 16.2 Å². The molecule has 0 saturated carbocycles. The van der Waals surface area contributed by atoms with Gasteiger partial charge in [-0.15, -0.1) is 0 Å². The van der Waals surface area contributed by atoms with E-state index in [0.717, 1.165) is 39.8 Å². The maximum atomic E-state index is 12.8. The molecule has 1 N–H and O–H groups in total. The Morgan fingerprint density at radius 3 is 2.77 bits per heavy atom. The lowest BCUT2D eigenvalue weighted by molar-refractivity contribution is -0.118. The number of pyridine rings is 1. The number of nitrogens with zero attached hydrogens (tertiary/aromatic N) is 2. The van der Waals surface area contributed by atoms with Gasteiger partial charge in [-0.1, -0.05) is 41.1 Å². The van der Waals surface area contributed by atoms with Crippen LogP contribution in [0, 0.1) is 0 Å². The number of carbonyl (C=O) groups is 3. The fraction of sp³-hybridized carbons (Fsp3) is 0.308. The minimum Gasteiger partial charge on any atom is -0.448 e. The number of fused-ring (bicyclic) bond motifs is 3. The minimum absolute atomic E-state index is 0.00865. The van der Waals surface area contributed by atoms with Crippen LogP contribution in [0.2, 0.25) is 0 Å². The fourth-order valence-corrected chi connectivity index (χ4v) is 5.87. The second-order valence-electron chi connectivity index (χ2n) is 8.20. The summed E-state index contributed by atoms with van der Waals surface area (Å²) in [6, 6.07) is 15.5. The molecule has 0 radical (unpaired) electrons. The van der Waals surface area contributed by atoms with Crippen molar-refractivity contribution in [3.8, 4) is 0 Å². The van der Waals surface area contributed by atoms with E-state index in [1.54, 1.807) is 32.7 Å². The molecule has 0 bridgehead atoms. The number of anilines is 2. The van der Waals surface area contributed by atoms with E-state index >= 15 is 0 Å². The number of unbranched alkanes of at least 4 members (excludes halogenated alkanes) is 1. The first kappa shape index (κ1) is 25.1. The summed E-state index contributed by atoms with van der Waals surface area (Å²) in [5, 5.41) is 5.78. The number of hydrogen-bond donors (Lipinski definition) is 1. The lowest BCUT2D eigenvalue weighted by Gasteiger charge is -2.20. The summed E-state index contributed by atoms with van der Waals surface area (Å²) in [5.74, 6) is -0.00865. The topological polar surface area (TPSA) is 88.6 Å². The Bertz CT molecular complexity index is 1210. The van der Waals surface area contributed by atoms with Crippen LogP contribution in [0.3, 0.4) is 0 Å². The van der Waals surface area contributed by atoms with E-state index in [4.69, 9.17) is 4.74 Å². The number of ether oxygens (including phenoxy) is 1. The van der Waals surface area contributed by atoms with Crippen LogP contribution in [0.25, 0.3) is 10.8 Å². The van der Waals surface area contributed by atoms with Crippen molar-refractivity contribution in [3.05, 3.63) is 60.3 Å². The smallest absolute Gasteiger partial charge is 0.411 e. The summed E-state index contributed by atoms with van der Waals surface area (Å²) >= 11 is 0. The van der Waals surface area contributed by atoms with E-state index in [-0.39, 0.29) is 17.8 Å². The Kier molecular flexibility index (Phi) is 8.65. The number of carbonyl (C=O) groups excluding carboxylic acids is 3. The van der Waals surface area contributed by atoms with Gasteiger partial charge in [0.1, 0.15) is 17.9 Å². The van der Waals surface area contributed by atoms with E-state index in [9.17, 15) is 14.4 Å². The molecule has 2 heterocycles. The average Bonchev–Trinajstić information content (AvgIpc) is 3.31. The Labute approximate surface area is 212 Å². The monoisotopic (exact) mass is 509 g/mol. The van der Waals surface area contributed by atoms with Crippen LogP contribution in [-0.4, -0.2) is 41.7 Å². The maximum Gasteiger partial charge on any atom is 0.411 e. The molecule has 0 saturated heterocycles. The predicted octanol–water partition coefficient (Wildman–Crippen LogP) is 5.87. The van der Waals surface area contributed by atoms with E-state index in [1.165, 1.54) is 0 Å². The van der Waals surface area contributed by atoms with Gasteiger partial charge < -0.3 is 14.4 Å². The molecule has 0 fully saturated rings. The van der Waals surface area contributed by atoms with Crippen molar-refractivity contribution in [3.63, 3.8) is 0 Å². The summed E-state index contributed by atoms with van der Waals surface area (Å²) in [7, 11) is 3.14. The first-order valence-corrected chi connectivity index (χ1v) is 13.7. The summed E-state index contributed by atoms with van der Waals surface area (Å²) in [6.45, 7) is 2.84. The second-order valence-corrected chi connectivity index (χ2v) is 10.9. The fourth-order valence-electron chi connectivity index (χ4n) is 4.00. The molecule has 1 unspecified atom stereocenters. The quantitative estimate of drug-likeness (QED) is 0.208. The van der Waals surface area contributed by atoms with Crippen LogP contribution in [0.15, 0.2) is 59.8 Å². The highest BCUT2D eigenvalue weighted by Crippen LogP contribution is 2.39. The zero-order chi connectivity index (χ0) is 24.6. The maximum absolute atomic E-state index is 12.8. The van der Waals surface area contributed by atoms with Gasteiger partial charge in [-0.05, 0) is 59.7 Å². The normalized spacial score (nSPS) is 13.3. The van der Waals surface area contributed by atoms with Crippen LogP contribution in [0.1, 0.15) is 31.7 Å². The van der Waals surface area contributed by atoms with Crippen molar-refractivity contribution in [2.24, 2.45) is 0 Å². The SMILES string of the molecule is CC(COC(=O)Nc1cc2c(c3ccccc13)CCN2C(=O)CCCC=O)SSc1ccccn1. The number of aldehydes is 1. The zero-order valence-electron chi connectivity index (χ0n) is 19.4. The number of amides is 2. The molecule has 7 nitrogen and oxygen atoms in total. The van der Waals surface area contributed by atoms with E-state index in [1.807, 2.05) is 55.5 Å². The molecular weight excluding hydrogens is 482 g/mol. The van der Waals surface area contributed by atoms with E-state index in [2.05, 4.69) is 10.3 Å². The van der Waals surface area contributed by atoms with Gasteiger partial charge in [-0.2, -0.15) is 0 Å². The van der Waals surface area contributed by atoms with Gasteiger partial charge in [0.2, 0.25) is 5.91 Å². The summed E-state index contributed by atoms with van der Waals surface area (Å²) in [5.41, 5.74) is 2.52. The van der Waals surface area contributed by atoms with Gasteiger partial charge in [-0.25, -0.2) is 9.78 Å². The third-order valence-corrected chi connectivity index (χ3v) is 8.40. The number of hydrogen-bond acceptors (Lipinski definition) is 7. The Hall–Kier alpha value is -3.04. The molecule has 0 spiro atoms. The second kappa shape index (κ2) is 12.1. The molecule has 1 aliphatic rings. The average molecular weight is 510 g/mol. The standard InChI is InChI=1S/C26H27N3O4S2/c1-18(34-35-24-10-4-6-13-27-24)17-33-26(32)28-22-16-23-21(19-8-2-3-9-20(19)22)12-14-29(23)25(31)11-5-7-15-30/h2-4,6,8-10,13,15-16,18H,5,7,11-12,14,17H2,1H3,(H,28,32). The van der Waals surface area contributed by atoms with Gasteiger partial charge in [0.05, 0.1) is 5.69 Å². The summed E-state index contributed by atoms with van der Waals surface area (Å²) < 4.78 is 5.49. The van der Waals surface area contributed by atoms with Gasteiger partial charge in [-0.3, -0.25) is 10.1 Å². The molecule has 2 aromatic carbocycles. The third kappa shape index (κ3) is 6.35. The number of nitrogens with one attached hydrogen (secondary N) is 1. The van der Waals surface area contributed by atoms with Gasteiger partial charge in [0.25, 0.3) is 0 Å². The highest BCUT2D eigenvalue weighted by molar-refractivity contribution is 8.76. The molecule has 1 aliphatic heterocycles. The highest BCUT2D eigenvalue weighted by atomic mass is 33.1. The van der Waals surface area contributed by atoms with Gasteiger partial charge >= 0.3 is 6.09 Å². The zero-order valence-corrected chi connectivity index (χ0v) is 21.1. The molecule has 0 aliphatic carbocycles. The van der Waals surface area contributed by atoms with Crippen LogP contribution in [-0.2, 0) is 20.7 Å². The van der Waals surface area contributed by atoms with E-state index in [0.29, 0.717) is 31.5 Å². The molecule has 1 aromatic heterocycles. The van der Waals surface area contributed by atoms with Crippen LogP contribution >= 0.6 is 21.6 Å².